The van der Waals surface area contributed by atoms with Crippen molar-refractivity contribution in [3.63, 3.8) is 0 Å². The van der Waals surface area contributed by atoms with Crippen molar-refractivity contribution in [3.05, 3.63) is 11.2 Å². The monoisotopic (exact) mass is 568 g/mol. The Labute approximate surface area is 187 Å². The first-order chi connectivity index (χ1) is 14.8. The summed E-state index contributed by atoms with van der Waals surface area (Å²) in [6.07, 6.45) is -10.1. The maximum Gasteiger partial charge on any atom is 0.490 e. The van der Waals surface area contributed by atoms with Crippen molar-refractivity contribution < 1.29 is 74.9 Å². The van der Waals surface area contributed by atoms with Gasteiger partial charge in [0.2, 0.25) is 5.91 Å². The SMILES string of the molecule is NC1CC(=O)N([C@@H]2O[C@@](COP(=O)(O)OP(=O)(O)OP(=O)(O)O)(C(F)F)[C@@H](O)[C@H]2O)C=C1Cl. The van der Waals surface area contributed by atoms with Gasteiger partial charge in [0.1, 0.15) is 12.2 Å². The number of aliphatic hydroxyl groups excluding tert-OH is 2. The number of carbonyl (C=O) groups excluding carboxylic acids is 1. The van der Waals surface area contributed by atoms with E-state index in [1.54, 1.807) is 0 Å². The first-order valence-corrected chi connectivity index (χ1v) is 13.2. The van der Waals surface area contributed by atoms with Crippen molar-refractivity contribution in [3.8, 4) is 0 Å². The molecule has 16 nitrogen and oxygen atoms in total. The van der Waals surface area contributed by atoms with Crippen LogP contribution < -0.4 is 5.73 Å². The number of amides is 1. The quantitative estimate of drug-likeness (QED) is 0.165. The third-order valence-electron chi connectivity index (χ3n) is 4.27. The molecule has 22 heteroatoms. The maximum atomic E-state index is 13.8. The van der Waals surface area contributed by atoms with E-state index in [1.807, 2.05) is 0 Å². The number of ether oxygens (including phenoxy) is 1. The molecule has 7 atom stereocenters. The second-order valence-corrected chi connectivity index (χ2v) is 11.5. The molecule has 1 saturated heterocycles. The molecule has 192 valence electrons. The summed E-state index contributed by atoms with van der Waals surface area (Å²) in [6.45, 7) is -1.79. The molecule has 3 unspecified atom stereocenters. The normalized spacial score (nSPS) is 34.8. The zero-order valence-electron chi connectivity index (χ0n) is 15.8. The summed E-state index contributed by atoms with van der Waals surface area (Å²) in [4.78, 5) is 48.2. The highest BCUT2D eigenvalue weighted by Crippen LogP contribution is 2.66. The Morgan fingerprint density at radius 1 is 1.21 bits per heavy atom. The zero-order valence-corrected chi connectivity index (χ0v) is 19.3. The second-order valence-electron chi connectivity index (χ2n) is 6.69. The molecule has 1 fully saturated rings. The summed E-state index contributed by atoms with van der Waals surface area (Å²) >= 11 is 5.82. The van der Waals surface area contributed by atoms with E-state index in [4.69, 9.17) is 36.8 Å². The molecule has 1 amide bonds. The lowest BCUT2D eigenvalue weighted by Crippen LogP contribution is -2.52. The van der Waals surface area contributed by atoms with Crippen LogP contribution in [0.2, 0.25) is 0 Å². The molecule has 0 spiro atoms. The number of carbonyl (C=O) groups is 1. The predicted molar refractivity (Wildman–Crippen MR) is 98.8 cm³/mol. The van der Waals surface area contributed by atoms with E-state index in [-0.39, 0.29) is 5.03 Å². The molecule has 0 saturated carbocycles. The van der Waals surface area contributed by atoms with Crippen molar-refractivity contribution in [2.75, 3.05) is 6.61 Å². The summed E-state index contributed by atoms with van der Waals surface area (Å²) in [5, 5.41) is 20.2. The molecule has 0 bridgehead atoms. The van der Waals surface area contributed by atoms with Gasteiger partial charge in [-0.3, -0.25) is 14.2 Å². The van der Waals surface area contributed by atoms with Gasteiger partial charge in [-0.05, 0) is 0 Å². The van der Waals surface area contributed by atoms with Crippen molar-refractivity contribution in [1.29, 1.82) is 0 Å². The van der Waals surface area contributed by atoms with Gasteiger partial charge >= 0.3 is 23.5 Å². The fourth-order valence-corrected chi connectivity index (χ4v) is 6.03. The third-order valence-corrected chi connectivity index (χ3v) is 8.43. The fraction of sp³-hybridized carbons (Fsp3) is 0.727. The van der Waals surface area contributed by atoms with Gasteiger partial charge in [-0.1, -0.05) is 11.6 Å². The van der Waals surface area contributed by atoms with Gasteiger partial charge in [0.15, 0.2) is 11.8 Å². The molecule has 0 radical (unpaired) electrons. The van der Waals surface area contributed by atoms with Gasteiger partial charge in [-0.15, -0.1) is 0 Å². The van der Waals surface area contributed by atoms with E-state index < -0.39 is 78.9 Å². The van der Waals surface area contributed by atoms with E-state index >= 15 is 0 Å². The number of phosphoric ester groups is 1. The minimum absolute atomic E-state index is 0.122. The van der Waals surface area contributed by atoms with E-state index in [9.17, 15) is 42.4 Å². The minimum atomic E-state index is -5.95. The molecule has 2 aliphatic heterocycles. The number of nitrogens with zero attached hydrogens (tertiary/aromatic N) is 1. The van der Waals surface area contributed by atoms with Crippen LogP contribution in [-0.4, -0.2) is 83.7 Å². The van der Waals surface area contributed by atoms with Gasteiger partial charge in [0.05, 0.1) is 17.7 Å². The van der Waals surface area contributed by atoms with E-state index in [0.717, 1.165) is 6.20 Å². The Morgan fingerprint density at radius 3 is 2.30 bits per heavy atom. The molecule has 0 aromatic rings. The number of hydrogen-bond acceptors (Lipinski definition) is 11. The van der Waals surface area contributed by atoms with Crippen molar-refractivity contribution >= 4 is 41.0 Å². The Hall–Kier alpha value is -0.390. The highest BCUT2D eigenvalue weighted by atomic mass is 35.5. The number of halogens is 3. The molecule has 2 heterocycles. The van der Waals surface area contributed by atoms with Crippen LogP contribution in [0.4, 0.5) is 8.78 Å². The van der Waals surface area contributed by atoms with Crippen LogP contribution >= 0.6 is 35.1 Å². The number of rotatable bonds is 9. The van der Waals surface area contributed by atoms with Gasteiger partial charge in [-0.25, -0.2) is 22.5 Å². The van der Waals surface area contributed by atoms with Crippen LogP contribution in [0.15, 0.2) is 11.2 Å². The average Bonchev–Trinajstić information content (AvgIpc) is 2.86. The maximum absolute atomic E-state index is 13.8. The summed E-state index contributed by atoms with van der Waals surface area (Å²) in [6, 6.07) is -0.927. The molecular formula is C11H18ClF2N2O14P3. The first-order valence-electron chi connectivity index (χ1n) is 8.35. The Morgan fingerprint density at radius 2 is 1.79 bits per heavy atom. The van der Waals surface area contributed by atoms with Crippen LogP contribution in [0.5, 0.6) is 0 Å². The second kappa shape index (κ2) is 9.93. The highest BCUT2D eigenvalue weighted by molar-refractivity contribution is 7.66. The minimum Gasteiger partial charge on any atom is -0.387 e. The lowest BCUT2D eigenvalue weighted by molar-refractivity contribution is -0.200. The Balaban J connectivity index is 2.24. The molecule has 2 aliphatic rings. The topological polar surface area (TPSA) is 256 Å². The number of alkyl halides is 2. The number of nitrogens with two attached hydrogens (primary N) is 1. The summed E-state index contributed by atoms with van der Waals surface area (Å²) in [5.41, 5.74) is 2.27. The lowest BCUT2D eigenvalue weighted by atomic mass is 9.96. The Kier molecular flexibility index (Phi) is 8.68. The lowest BCUT2D eigenvalue weighted by Gasteiger charge is -2.34. The molecule has 2 rings (SSSR count). The van der Waals surface area contributed by atoms with Crippen molar-refractivity contribution in [1.82, 2.24) is 4.90 Å². The van der Waals surface area contributed by atoms with Crippen LogP contribution in [0.3, 0.4) is 0 Å². The number of phosphoric acid groups is 3. The average molecular weight is 569 g/mol. The molecule has 8 N–H and O–H groups in total. The van der Waals surface area contributed by atoms with Crippen LogP contribution in [-0.2, 0) is 36.4 Å². The van der Waals surface area contributed by atoms with Crippen LogP contribution in [0.1, 0.15) is 6.42 Å². The largest absolute Gasteiger partial charge is 0.490 e. The zero-order chi connectivity index (χ0) is 25.6. The number of aliphatic hydroxyl groups is 2. The van der Waals surface area contributed by atoms with E-state index in [1.165, 1.54) is 0 Å². The summed E-state index contributed by atoms with van der Waals surface area (Å²) < 4.78 is 77.4. The summed E-state index contributed by atoms with van der Waals surface area (Å²) in [5.74, 6) is -0.846. The third kappa shape index (κ3) is 6.85. The van der Waals surface area contributed by atoms with E-state index in [0.29, 0.717) is 4.90 Å². The summed E-state index contributed by atoms with van der Waals surface area (Å²) in [7, 11) is -17.5. The number of hydrogen-bond donors (Lipinski definition) is 7. The van der Waals surface area contributed by atoms with Crippen molar-refractivity contribution in [2.45, 2.75) is 42.9 Å². The standard InChI is InChI=1S/C11H18ClF2N2O14P3/c12-4-2-16(6(17)1-5(4)15)9-7(18)8(19)11(28-9,10(13)14)3-27-32(23,24)30-33(25,26)29-31(20,21)22/h2,5,7-10,18-19H,1,3,15H2,(H,23,24)(H,25,26)(H2,20,21,22)/t5?,7-,8+,9-,11-/m1/s1. The molecule has 0 aromatic heterocycles. The first kappa shape index (κ1) is 28.8. The van der Waals surface area contributed by atoms with Crippen molar-refractivity contribution in [2.24, 2.45) is 5.73 Å². The highest BCUT2D eigenvalue weighted by Gasteiger charge is 2.63. The predicted octanol–water partition coefficient (Wildman–Crippen LogP) is -0.949. The molecule has 0 aromatic carbocycles. The van der Waals surface area contributed by atoms with Gasteiger partial charge in [-0.2, -0.15) is 8.62 Å². The van der Waals surface area contributed by atoms with Gasteiger partial charge in [0.25, 0.3) is 6.43 Å². The van der Waals surface area contributed by atoms with Gasteiger partial charge < -0.3 is 40.3 Å². The van der Waals surface area contributed by atoms with Gasteiger partial charge in [0, 0.05) is 12.6 Å². The smallest absolute Gasteiger partial charge is 0.387 e. The van der Waals surface area contributed by atoms with E-state index in [2.05, 4.69) is 13.1 Å². The molecule has 0 aliphatic carbocycles. The van der Waals surface area contributed by atoms with Crippen LogP contribution in [0, 0.1) is 0 Å². The molecule has 33 heavy (non-hydrogen) atoms. The van der Waals surface area contributed by atoms with Crippen LogP contribution in [0.25, 0.3) is 0 Å². The molecular weight excluding hydrogens is 550 g/mol. The Bertz CT molecular complexity index is 949. The fourth-order valence-electron chi connectivity index (χ4n) is 2.79.